The Morgan fingerprint density at radius 1 is 1.29 bits per heavy atom. The molecule has 0 radical (unpaired) electrons. The molecule has 1 heterocycles. The van der Waals surface area contributed by atoms with Crippen LogP contribution in [0.25, 0.3) is 0 Å². The van der Waals surface area contributed by atoms with Crippen LogP contribution in [0.2, 0.25) is 5.02 Å². The molecule has 108 valence electrons. The summed E-state index contributed by atoms with van der Waals surface area (Å²) >= 11 is 9.12. The van der Waals surface area contributed by atoms with E-state index in [4.69, 9.17) is 16.7 Å². The van der Waals surface area contributed by atoms with Crippen molar-refractivity contribution < 1.29 is 14.7 Å². The highest BCUT2D eigenvalue weighted by Crippen LogP contribution is 2.21. The van der Waals surface area contributed by atoms with Gasteiger partial charge in [0.1, 0.15) is 12.2 Å². The van der Waals surface area contributed by atoms with E-state index in [1.54, 1.807) is 24.3 Å². The fourth-order valence-electron chi connectivity index (χ4n) is 1.70. The first-order valence-electron chi connectivity index (χ1n) is 5.88. The highest BCUT2D eigenvalue weighted by atomic mass is 79.9. The van der Waals surface area contributed by atoms with Gasteiger partial charge >= 0.3 is 5.97 Å². The number of rotatable bonds is 4. The topological polar surface area (TPSA) is 70.5 Å². The predicted octanol–water partition coefficient (Wildman–Crippen LogP) is 3.23. The largest absolute Gasteiger partial charge is 0.480 e. The van der Waals surface area contributed by atoms with E-state index >= 15 is 0 Å². The lowest BCUT2D eigenvalue weighted by atomic mass is 10.2. The average molecular weight is 370 g/mol. The van der Waals surface area contributed by atoms with E-state index in [0.717, 1.165) is 9.37 Å². The van der Waals surface area contributed by atoms with Gasteiger partial charge in [0.2, 0.25) is 0 Å². The summed E-state index contributed by atoms with van der Waals surface area (Å²) in [4.78, 5) is 28.6. The number of amides is 1. The number of halogens is 2. The standard InChI is InChI=1S/C14H10BrClN2O3/c15-9-4-5-12(17-7-9)14(21)18(8-13(19)20)11-3-1-2-10(16)6-11/h1-7H,8H2,(H,19,20). The number of carbonyl (C=O) groups is 2. The molecule has 0 unspecified atom stereocenters. The fraction of sp³-hybridized carbons (Fsp3) is 0.0714. The summed E-state index contributed by atoms with van der Waals surface area (Å²) in [7, 11) is 0. The molecule has 0 fully saturated rings. The number of carbonyl (C=O) groups excluding carboxylic acids is 1. The van der Waals surface area contributed by atoms with Crippen molar-refractivity contribution in [3.8, 4) is 0 Å². The van der Waals surface area contributed by atoms with Crippen LogP contribution in [-0.4, -0.2) is 28.5 Å². The Morgan fingerprint density at radius 3 is 2.62 bits per heavy atom. The number of anilines is 1. The second-order valence-electron chi connectivity index (χ2n) is 4.13. The normalized spacial score (nSPS) is 10.2. The minimum Gasteiger partial charge on any atom is -0.480 e. The van der Waals surface area contributed by atoms with Gasteiger partial charge in [-0.15, -0.1) is 0 Å². The van der Waals surface area contributed by atoms with Gasteiger partial charge in [-0.25, -0.2) is 4.98 Å². The van der Waals surface area contributed by atoms with E-state index in [9.17, 15) is 9.59 Å². The average Bonchev–Trinajstić information content (AvgIpc) is 2.44. The summed E-state index contributed by atoms with van der Waals surface area (Å²) in [5.74, 6) is -1.63. The third-order valence-corrected chi connectivity index (χ3v) is 3.31. The minimum absolute atomic E-state index is 0.152. The monoisotopic (exact) mass is 368 g/mol. The minimum atomic E-state index is -1.12. The van der Waals surface area contributed by atoms with Crippen molar-refractivity contribution in [3.63, 3.8) is 0 Å². The zero-order valence-corrected chi connectivity index (χ0v) is 13.0. The van der Waals surface area contributed by atoms with E-state index in [2.05, 4.69) is 20.9 Å². The van der Waals surface area contributed by atoms with Crippen molar-refractivity contribution in [2.24, 2.45) is 0 Å². The summed E-state index contributed by atoms with van der Waals surface area (Å²) in [5.41, 5.74) is 0.555. The van der Waals surface area contributed by atoms with E-state index in [0.29, 0.717) is 10.7 Å². The van der Waals surface area contributed by atoms with Crippen molar-refractivity contribution in [3.05, 3.63) is 57.8 Å². The molecule has 1 N–H and O–H groups in total. The number of benzene rings is 1. The van der Waals surface area contributed by atoms with E-state index in [1.807, 2.05) is 0 Å². The molecule has 1 aromatic heterocycles. The van der Waals surface area contributed by atoms with Crippen LogP contribution in [0.3, 0.4) is 0 Å². The molecule has 0 atom stereocenters. The van der Waals surface area contributed by atoms with E-state index in [1.165, 1.54) is 18.3 Å². The van der Waals surface area contributed by atoms with E-state index < -0.39 is 18.4 Å². The second-order valence-corrected chi connectivity index (χ2v) is 5.48. The van der Waals surface area contributed by atoms with Crippen molar-refractivity contribution in [1.82, 2.24) is 4.98 Å². The Balaban J connectivity index is 2.38. The number of hydrogen-bond donors (Lipinski definition) is 1. The van der Waals surface area contributed by atoms with Gasteiger partial charge in [0.15, 0.2) is 0 Å². The third-order valence-electron chi connectivity index (χ3n) is 2.60. The third kappa shape index (κ3) is 4.03. The Bertz CT molecular complexity index is 676. The second kappa shape index (κ2) is 6.69. The summed E-state index contributed by atoms with van der Waals surface area (Å²) in [6.45, 7) is -0.475. The quantitative estimate of drug-likeness (QED) is 0.898. The predicted molar refractivity (Wildman–Crippen MR) is 82.7 cm³/mol. The number of aliphatic carboxylic acids is 1. The smallest absolute Gasteiger partial charge is 0.323 e. The molecule has 0 bridgehead atoms. The highest BCUT2D eigenvalue weighted by Gasteiger charge is 2.21. The maximum atomic E-state index is 12.4. The number of pyridine rings is 1. The van der Waals surface area contributed by atoms with Gasteiger partial charge in [0.25, 0.3) is 5.91 Å². The van der Waals surface area contributed by atoms with Crippen LogP contribution >= 0.6 is 27.5 Å². The van der Waals surface area contributed by atoms with Gasteiger partial charge in [-0.2, -0.15) is 0 Å². The summed E-state index contributed by atoms with van der Waals surface area (Å²) in [6.07, 6.45) is 1.48. The Morgan fingerprint density at radius 2 is 2.05 bits per heavy atom. The molecule has 0 saturated carbocycles. The first kappa shape index (κ1) is 15.5. The number of aromatic nitrogens is 1. The van der Waals surface area contributed by atoms with Crippen LogP contribution in [0.15, 0.2) is 47.1 Å². The summed E-state index contributed by atoms with van der Waals surface area (Å²) in [6, 6.07) is 9.62. The molecule has 21 heavy (non-hydrogen) atoms. The van der Waals surface area contributed by atoms with Crippen molar-refractivity contribution in [1.29, 1.82) is 0 Å². The van der Waals surface area contributed by atoms with Crippen LogP contribution in [0.5, 0.6) is 0 Å². The summed E-state index contributed by atoms with van der Waals surface area (Å²) in [5, 5.41) is 9.42. The number of carboxylic acids is 1. The number of carboxylic acid groups (broad SMARTS) is 1. The zero-order valence-electron chi connectivity index (χ0n) is 10.7. The van der Waals surface area contributed by atoms with Crippen LogP contribution < -0.4 is 4.90 Å². The maximum absolute atomic E-state index is 12.4. The van der Waals surface area contributed by atoms with E-state index in [-0.39, 0.29) is 5.69 Å². The van der Waals surface area contributed by atoms with Gasteiger partial charge < -0.3 is 5.11 Å². The molecule has 0 saturated heterocycles. The van der Waals surface area contributed by atoms with Crippen molar-refractivity contribution >= 4 is 45.1 Å². The molecular weight excluding hydrogens is 360 g/mol. The molecule has 1 amide bonds. The molecule has 0 spiro atoms. The van der Waals surface area contributed by atoms with Crippen molar-refractivity contribution in [2.75, 3.05) is 11.4 Å². The SMILES string of the molecule is O=C(O)CN(C(=O)c1ccc(Br)cn1)c1cccc(Cl)c1. The Labute approximate surface area is 134 Å². The van der Waals surface area contributed by atoms with Crippen LogP contribution in [0.1, 0.15) is 10.5 Å². The van der Waals surface area contributed by atoms with Gasteiger partial charge in [-0.05, 0) is 46.3 Å². The lowest BCUT2D eigenvalue weighted by molar-refractivity contribution is -0.135. The Hall–Kier alpha value is -1.92. The molecule has 7 heteroatoms. The first-order chi connectivity index (χ1) is 9.97. The zero-order chi connectivity index (χ0) is 15.4. The van der Waals surface area contributed by atoms with Gasteiger partial charge in [-0.3, -0.25) is 14.5 Å². The molecule has 2 aromatic rings. The molecule has 2 rings (SSSR count). The highest BCUT2D eigenvalue weighted by molar-refractivity contribution is 9.10. The lowest BCUT2D eigenvalue weighted by Crippen LogP contribution is -2.36. The number of nitrogens with zero attached hydrogens (tertiary/aromatic N) is 2. The van der Waals surface area contributed by atoms with Crippen LogP contribution in [0, 0.1) is 0 Å². The number of hydrogen-bond acceptors (Lipinski definition) is 3. The summed E-state index contributed by atoms with van der Waals surface area (Å²) < 4.78 is 0.728. The van der Waals surface area contributed by atoms with Crippen LogP contribution in [0.4, 0.5) is 5.69 Å². The fourth-order valence-corrected chi connectivity index (χ4v) is 2.12. The lowest BCUT2D eigenvalue weighted by Gasteiger charge is -2.20. The molecule has 0 aliphatic heterocycles. The molecule has 0 aliphatic carbocycles. The van der Waals surface area contributed by atoms with Crippen LogP contribution in [-0.2, 0) is 4.79 Å². The first-order valence-corrected chi connectivity index (χ1v) is 7.05. The molecular formula is C14H10BrClN2O3. The maximum Gasteiger partial charge on any atom is 0.323 e. The van der Waals surface area contributed by atoms with Gasteiger partial charge in [0.05, 0.1) is 0 Å². The molecule has 1 aromatic carbocycles. The molecule has 5 nitrogen and oxygen atoms in total. The van der Waals surface area contributed by atoms with Crippen molar-refractivity contribution in [2.45, 2.75) is 0 Å². The Kier molecular flexibility index (Phi) is 4.93. The van der Waals surface area contributed by atoms with Gasteiger partial charge in [-0.1, -0.05) is 17.7 Å². The molecule has 0 aliphatic rings. The van der Waals surface area contributed by atoms with Gasteiger partial charge in [0, 0.05) is 21.4 Å².